The lowest BCUT2D eigenvalue weighted by atomic mass is 9.86. The lowest BCUT2D eigenvalue weighted by molar-refractivity contribution is -0.138. The quantitative estimate of drug-likeness (QED) is 0.538. The molecule has 0 radical (unpaired) electrons. The second kappa shape index (κ2) is 8.89. The van der Waals surface area contributed by atoms with Crippen LogP contribution in [0.4, 0.5) is 13.2 Å². The van der Waals surface area contributed by atoms with Crippen molar-refractivity contribution in [3.63, 3.8) is 0 Å². The van der Waals surface area contributed by atoms with Crippen LogP contribution in [-0.2, 0) is 19.6 Å². The number of carbonyl (C=O) groups is 1. The highest BCUT2D eigenvalue weighted by Crippen LogP contribution is 2.48. The molecule has 31 heavy (non-hydrogen) atoms. The van der Waals surface area contributed by atoms with Crippen molar-refractivity contribution in [3.05, 3.63) is 57.1 Å². The number of amides is 1. The zero-order valence-corrected chi connectivity index (χ0v) is 18.2. The van der Waals surface area contributed by atoms with Gasteiger partial charge in [-0.1, -0.05) is 41.1 Å². The van der Waals surface area contributed by atoms with Crippen LogP contribution in [0.1, 0.15) is 32.3 Å². The molecule has 0 aliphatic heterocycles. The molecule has 4 N–H and O–H groups in total. The van der Waals surface area contributed by atoms with Gasteiger partial charge in [0.25, 0.3) is 5.91 Å². The van der Waals surface area contributed by atoms with E-state index in [9.17, 15) is 18.0 Å². The molecule has 3 aromatic rings. The highest BCUT2D eigenvalue weighted by atomic mass is 35.5. The first-order valence-electron chi connectivity index (χ1n) is 9.13. The number of ether oxygens (including phenoxy) is 1. The zero-order valence-electron chi connectivity index (χ0n) is 16.7. The first-order valence-corrected chi connectivity index (χ1v) is 10.3. The van der Waals surface area contributed by atoms with Crippen molar-refractivity contribution in [2.45, 2.75) is 18.5 Å². The van der Waals surface area contributed by atoms with E-state index in [1.807, 2.05) is 0 Å². The Labute approximate surface area is 185 Å². The molecule has 1 atom stereocenters. The number of nitrogens with two attached hydrogens (primary N) is 2. The van der Waals surface area contributed by atoms with Gasteiger partial charge in [-0.3, -0.25) is 9.48 Å². The fourth-order valence-corrected chi connectivity index (χ4v) is 4.92. The summed E-state index contributed by atoms with van der Waals surface area (Å²) in [5, 5.41) is 4.75. The first kappa shape index (κ1) is 23.1. The van der Waals surface area contributed by atoms with Crippen LogP contribution in [0.3, 0.4) is 0 Å². The van der Waals surface area contributed by atoms with Crippen LogP contribution in [0.15, 0.2) is 30.5 Å². The average Bonchev–Trinajstić information content (AvgIpc) is 3.24. The van der Waals surface area contributed by atoms with Crippen LogP contribution in [-0.4, -0.2) is 29.3 Å². The molecular weight excluding hydrogens is 453 g/mol. The number of nitrogens with zero attached hydrogens (tertiary/aromatic N) is 2. The standard InChI is InChI=1S/C20H20ClF3N4O2S/c1-28-16(13(21)9-27-28)15-14(17(18(26)29)31-19(15)30-2)11(8-25)7-10-5-3-4-6-12(10)20(22,23)24/h3-6,9,11H,7-8,25H2,1-2H3,(H2,26,29)/t11-/m1/s1. The van der Waals surface area contributed by atoms with Gasteiger partial charge in [0, 0.05) is 13.0 Å². The Bertz CT molecular complexity index is 1090. The minimum absolute atomic E-state index is 0.0329. The fourth-order valence-electron chi connectivity index (χ4n) is 3.60. The van der Waals surface area contributed by atoms with Gasteiger partial charge in [0.1, 0.15) is 0 Å². The number of rotatable bonds is 7. The summed E-state index contributed by atoms with van der Waals surface area (Å²) in [7, 11) is 3.08. The molecule has 0 spiro atoms. The van der Waals surface area contributed by atoms with Gasteiger partial charge in [0.2, 0.25) is 0 Å². The van der Waals surface area contributed by atoms with Gasteiger partial charge in [-0.15, -0.1) is 0 Å². The lowest BCUT2D eigenvalue weighted by Crippen LogP contribution is -2.21. The summed E-state index contributed by atoms with van der Waals surface area (Å²) in [6.45, 7) is -0.0329. The van der Waals surface area contributed by atoms with Crippen molar-refractivity contribution in [1.29, 1.82) is 0 Å². The van der Waals surface area contributed by atoms with Crippen LogP contribution >= 0.6 is 22.9 Å². The Hall–Kier alpha value is -2.56. The Morgan fingerprint density at radius 3 is 2.55 bits per heavy atom. The van der Waals surface area contributed by atoms with E-state index >= 15 is 0 Å². The maximum absolute atomic E-state index is 13.5. The molecule has 0 fully saturated rings. The summed E-state index contributed by atoms with van der Waals surface area (Å²) in [6, 6.07) is 5.27. The smallest absolute Gasteiger partial charge is 0.416 e. The number of methoxy groups -OCH3 is 1. The van der Waals surface area contributed by atoms with E-state index < -0.39 is 23.6 Å². The summed E-state index contributed by atoms with van der Waals surface area (Å²) in [6.07, 6.45) is -3.16. The largest absolute Gasteiger partial charge is 0.487 e. The van der Waals surface area contributed by atoms with E-state index in [0.717, 1.165) is 17.4 Å². The third kappa shape index (κ3) is 4.41. The van der Waals surface area contributed by atoms with E-state index in [1.54, 1.807) is 7.05 Å². The molecule has 0 saturated heterocycles. The predicted octanol–water partition coefficient (Wildman–Crippen LogP) is 4.21. The van der Waals surface area contributed by atoms with E-state index in [1.165, 1.54) is 36.2 Å². The van der Waals surface area contributed by atoms with Crippen molar-refractivity contribution in [2.24, 2.45) is 18.5 Å². The van der Waals surface area contributed by atoms with E-state index in [4.69, 9.17) is 27.8 Å². The summed E-state index contributed by atoms with van der Waals surface area (Å²) in [5.74, 6) is -1.39. The molecular formula is C20H20ClF3N4O2S. The minimum atomic E-state index is -4.53. The van der Waals surface area contributed by atoms with Crippen molar-refractivity contribution in [2.75, 3.05) is 13.7 Å². The van der Waals surface area contributed by atoms with E-state index in [-0.39, 0.29) is 23.4 Å². The second-order valence-corrected chi connectivity index (χ2v) is 8.22. The number of halogens is 4. The lowest BCUT2D eigenvalue weighted by Gasteiger charge is -2.21. The monoisotopic (exact) mass is 472 g/mol. The molecule has 6 nitrogen and oxygen atoms in total. The molecule has 166 valence electrons. The number of alkyl halides is 3. The van der Waals surface area contributed by atoms with Gasteiger partial charge < -0.3 is 16.2 Å². The molecule has 1 aromatic carbocycles. The predicted molar refractivity (Wildman–Crippen MR) is 114 cm³/mol. The SMILES string of the molecule is COc1sc(C(N)=O)c([C@@H](CN)Cc2ccccc2C(F)(F)F)c1-c1c(Cl)cnn1C. The molecule has 0 bridgehead atoms. The van der Waals surface area contributed by atoms with Crippen LogP contribution in [0.2, 0.25) is 5.02 Å². The van der Waals surface area contributed by atoms with Crippen molar-refractivity contribution >= 4 is 28.8 Å². The van der Waals surface area contributed by atoms with Gasteiger partial charge in [0.15, 0.2) is 5.06 Å². The Morgan fingerprint density at radius 2 is 2.03 bits per heavy atom. The average molecular weight is 473 g/mol. The number of aromatic nitrogens is 2. The zero-order chi connectivity index (χ0) is 22.9. The van der Waals surface area contributed by atoms with Crippen molar-refractivity contribution in [3.8, 4) is 16.3 Å². The third-order valence-electron chi connectivity index (χ3n) is 4.93. The number of carbonyl (C=O) groups excluding carboxylic acids is 1. The fraction of sp³-hybridized carbons (Fsp3) is 0.300. The molecule has 0 aliphatic rings. The maximum atomic E-state index is 13.5. The van der Waals surface area contributed by atoms with Crippen LogP contribution < -0.4 is 16.2 Å². The van der Waals surface area contributed by atoms with Gasteiger partial charge in [-0.2, -0.15) is 18.3 Å². The number of benzene rings is 1. The number of thiophene rings is 1. The minimum Gasteiger partial charge on any atom is -0.487 e. The summed E-state index contributed by atoms with van der Waals surface area (Å²) >= 11 is 7.33. The maximum Gasteiger partial charge on any atom is 0.416 e. The van der Waals surface area contributed by atoms with E-state index in [0.29, 0.717) is 26.9 Å². The van der Waals surface area contributed by atoms with Crippen LogP contribution in [0, 0.1) is 0 Å². The number of hydrogen-bond acceptors (Lipinski definition) is 5. The van der Waals surface area contributed by atoms with Gasteiger partial charge in [-0.05, 0) is 30.2 Å². The van der Waals surface area contributed by atoms with Gasteiger partial charge in [-0.25, -0.2) is 0 Å². The van der Waals surface area contributed by atoms with Gasteiger partial charge >= 0.3 is 6.18 Å². The summed E-state index contributed by atoms with van der Waals surface area (Å²) in [5.41, 5.74) is 12.2. The molecule has 0 aliphatic carbocycles. The molecule has 1 amide bonds. The third-order valence-corrected chi connectivity index (χ3v) is 6.39. The van der Waals surface area contributed by atoms with Crippen molar-refractivity contribution in [1.82, 2.24) is 9.78 Å². The first-order chi connectivity index (χ1) is 14.6. The molecule has 2 heterocycles. The Balaban J connectivity index is 2.23. The summed E-state index contributed by atoms with van der Waals surface area (Å²) < 4.78 is 47.5. The molecule has 0 saturated carbocycles. The van der Waals surface area contributed by atoms with Crippen LogP contribution in [0.5, 0.6) is 5.06 Å². The van der Waals surface area contributed by atoms with Crippen molar-refractivity contribution < 1.29 is 22.7 Å². The second-order valence-electron chi connectivity index (χ2n) is 6.83. The number of aryl methyl sites for hydroxylation is 1. The normalized spacial score (nSPS) is 12.7. The number of primary amides is 1. The Kier molecular flexibility index (Phi) is 6.63. The van der Waals surface area contributed by atoms with Gasteiger partial charge in [0.05, 0.1) is 40.0 Å². The molecule has 11 heteroatoms. The Morgan fingerprint density at radius 1 is 1.35 bits per heavy atom. The van der Waals surface area contributed by atoms with Crippen LogP contribution in [0.25, 0.3) is 11.3 Å². The highest BCUT2D eigenvalue weighted by molar-refractivity contribution is 7.16. The number of hydrogen-bond donors (Lipinski definition) is 2. The molecule has 2 aromatic heterocycles. The molecule has 0 unspecified atom stereocenters. The highest BCUT2D eigenvalue weighted by Gasteiger charge is 2.35. The topological polar surface area (TPSA) is 96.2 Å². The molecule has 3 rings (SSSR count). The summed E-state index contributed by atoms with van der Waals surface area (Å²) in [4.78, 5) is 12.4. The van der Waals surface area contributed by atoms with E-state index in [2.05, 4.69) is 5.10 Å².